The first-order valence-electron chi connectivity index (χ1n) is 9.17. The Morgan fingerprint density at radius 3 is 2.52 bits per heavy atom. The Balaban J connectivity index is 0.00000312. The highest BCUT2D eigenvalue weighted by Crippen LogP contribution is 2.17. The van der Waals surface area contributed by atoms with Gasteiger partial charge in [0.1, 0.15) is 0 Å². The summed E-state index contributed by atoms with van der Waals surface area (Å²) in [5, 5.41) is 9.78. The summed E-state index contributed by atoms with van der Waals surface area (Å²) in [5.41, 5.74) is 0.702. The molecular weight excluding hydrogens is 427 g/mol. The first-order chi connectivity index (χ1) is 11.8. The second-order valence-corrected chi connectivity index (χ2v) is 6.22. The van der Waals surface area contributed by atoms with Gasteiger partial charge in [0.05, 0.1) is 0 Å². The largest absolute Gasteiger partial charge is 0.357 e. The van der Waals surface area contributed by atoms with Crippen LogP contribution in [0.5, 0.6) is 0 Å². The van der Waals surface area contributed by atoms with E-state index in [4.69, 9.17) is 0 Å². The van der Waals surface area contributed by atoms with Gasteiger partial charge in [-0.05, 0) is 38.3 Å². The molecule has 0 bridgehead atoms. The van der Waals surface area contributed by atoms with Crippen LogP contribution in [0.3, 0.4) is 0 Å². The molecular formula is C19H31IN4O. The van der Waals surface area contributed by atoms with E-state index in [9.17, 15) is 4.79 Å². The monoisotopic (exact) mass is 458 g/mol. The number of nitrogens with zero attached hydrogens (tertiary/aromatic N) is 1. The molecule has 3 N–H and O–H groups in total. The summed E-state index contributed by atoms with van der Waals surface area (Å²) >= 11 is 0. The Kier molecular flexibility index (Phi) is 11.3. The van der Waals surface area contributed by atoms with E-state index in [1.807, 2.05) is 30.3 Å². The topological polar surface area (TPSA) is 65.5 Å². The van der Waals surface area contributed by atoms with Gasteiger partial charge in [-0.3, -0.25) is 9.79 Å². The number of rotatable bonds is 7. The second kappa shape index (κ2) is 13.0. The molecule has 0 heterocycles. The third-order valence-electron chi connectivity index (χ3n) is 4.22. The highest BCUT2D eigenvalue weighted by Gasteiger charge is 2.14. The molecule has 1 aromatic carbocycles. The first-order valence-corrected chi connectivity index (χ1v) is 9.17. The summed E-state index contributed by atoms with van der Waals surface area (Å²) in [6, 6.07) is 9.86. The molecule has 1 aromatic rings. The highest BCUT2D eigenvalue weighted by molar-refractivity contribution is 14.0. The number of hydrogen-bond donors (Lipinski definition) is 3. The number of hydrogen-bond acceptors (Lipinski definition) is 2. The predicted octanol–water partition coefficient (Wildman–Crippen LogP) is 3.31. The van der Waals surface area contributed by atoms with Crippen molar-refractivity contribution in [1.29, 1.82) is 0 Å². The molecule has 0 aliphatic heterocycles. The molecule has 1 aliphatic rings. The van der Waals surface area contributed by atoms with Crippen molar-refractivity contribution in [3.63, 3.8) is 0 Å². The number of nitrogens with one attached hydrogen (secondary N) is 3. The highest BCUT2D eigenvalue weighted by atomic mass is 127. The Hall–Kier alpha value is -1.31. The number of aliphatic imine (C=N–C) groups is 1. The van der Waals surface area contributed by atoms with E-state index in [0.717, 1.165) is 18.9 Å². The van der Waals surface area contributed by atoms with Crippen molar-refractivity contribution in [2.75, 3.05) is 19.6 Å². The van der Waals surface area contributed by atoms with E-state index < -0.39 is 0 Å². The van der Waals surface area contributed by atoms with E-state index >= 15 is 0 Å². The molecule has 1 fully saturated rings. The van der Waals surface area contributed by atoms with Gasteiger partial charge in [0.25, 0.3) is 5.91 Å². The maximum absolute atomic E-state index is 11.9. The summed E-state index contributed by atoms with van der Waals surface area (Å²) in [5.74, 6) is 0.880. The van der Waals surface area contributed by atoms with Crippen LogP contribution < -0.4 is 16.0 Å². The van der Waals surface area contributed by atoms with Crippen LogP contribution in [-0.2, 0) is 0 Å². The van der Waals surface area contributed by atoms with Crippen LogP contribution in [0.15, 0.2) is 35.3 Å². The number of carbonyl (C=O) groups excluding carboxylic acids is 1. The number of halogens is 1. The average Bonchev–Trinajstić information content (AvgIpc) is 2.63. The number of carbonyl (C=O) groups is 1. The molecule has 0 spiro atoms. The third kappa shape index (κ3) is 8.56. The van der Waals surface area contributed by atoms with E-state index in [0.29, 0.717) is 24.7 Å². The standard InChI is InChI=1S/C19H30N4O.HI/c1-2-20-19(23-17-12-7-4-8-13-17)22-15-9-14-21-18(24)16-10-5-3-6-11-16;/h3,5-6,10-11,17H,2,4,7-9,12-15H2,1H3,(H,21,24)(H2,20,22,23);1H. The molecule has 0 aromatic heterocycles. The molecule has 5 nitrogen and oxygen atoms in total. The van der Waals surface area contributed by atoms with Crippen LogP contribution in [0.2, 0.25) is 0 Å². The molecule has 0 saturated heterocycles. The molecule has 0 radical (unpaired) electrons. The van der Waals surface area contributed by atoms with Crippen LogP contribution in [0, 0.1) is 0 Å². The van der Waals surface area contributed by atoms with Crippen LogP contribution in [-0.4, -0.2) is 37.5 Å². The minimum Gasteiger partial charge on any atom is -0.357 e. The van der Waals surface area contributed by atoms with Gasteiger partial charge in [0.15, 0.2) is 5.96 Å². The number of guanidine groups is 1. The van der Waals surface area contributed by atoms with Gasteiger partial charge >= 0.3 is 0 Å². The lowest BCUT2D eigenvalue weighted by atomic mass is 9.96. The summed E-state index contributed by atoms with van der Waals surface area (Å²) < 4.78 is 0. The van der Waals surface area contributed by atoms with Crippen molar-refractivity contribution in [1.82, 2.24) is 16.0 Å². The molecule has 25 heavy (non-hydrogen) atoms. The second-order valence-electron chi connectivity index (χ2n) is 6.22. The maximum Gasteiger partial charge on any atom is 0.251 e. The molecule has 0 atom stereocenters. The van der Waals surface area contributed by atoms with E-state index in [2.05, 4.69) is 27.9 Å². The van der Waals surface area contributed by atoms with Crippen molar-refractivity contribution in [3.8, 4) is 0 Å². The third-order valence-corrected chi connectivity index (χ3v) is 4.22. The molecule has 1 saturated carbocycles. The first kappa shape index (κ1) is 21.7. The van der Waals surface area contributed by atoms with Gasteiger partial charge < -0.3 is 16.0 Å². The van der Waals surface area contributed by atoms with Crippen molar-refractivity contribution in [3.05, 3.63) is 35.9 Å². The quantitative estimate of drug-likeness (QED) is 0.254. The Morgan fingerprint density at radius 1 is 1.12 bits per heavy atom. The van der Waals surface area contributed by atoms with E-state index in [1.165, 1.54) is 32.1 Å². The van der Waals surface area contributed by atoms with Gasteiger partial charge in [-0.2, -0.15) is 0 Å². The zero-order chi connectivity index (χ0) is 17.0. The van der Waals surface area contributed by atoms with Gasteiger partial charge in [-0.1, -0.05) is 37.5 Å². The fraction of sp³-hybridized carbons (Fsp3) is 0.579. The zero-order valence-electron chi connectivity index (χ0n) is 15.1. The van der Waals surface area contributed by atoms with Crippen LogP contribution in [0.25, 0.3) is 0 Å². The SMILES string of the molecule is CCNC(=NCCCNC(=O)c1ccccc1)NC1CCCCC1.I. The summed E-state index contributed by atoms with van der Waals surface area (Å²) in [6.07, 6.45) is 7.27. The summed E-state index contributed by atoms with van der Waals surface area (Å²) in [4.78, 5) is 16.6. The molecule has 140 valence electrons. The molecule has 1 aliphatic carbocycles. The van der Waals surface area contributed by atoms with Gasteiger partial charge in [-0.25, -0.2) is 0 Å². The molecule has 2 rings (SSSR count). The van der Waals surface area contributed by atoms with Crippen LogP contribution in [0.4, 0.5) is 0 Å². The molecule has 1 amide bonds. The zero-order valence-corrected chi connectivity index (χ0v) is 17.4. The number of benzene rings is 1. The average molecular weight is 458 g/mol. The smallest absolute Gasteiger partial charge is 0.251 e. The molecule has 6 heteroatoms. The lowest BCUT2D eigenvalue weighted by molar-refractivity contribution is 0.0953. The predicted molar refractivity (Wildman–Crippen MR) is 115 cm³/mol. The van der Waals surface area contributed by atoms with Gasteiger partial charge in [0, 0.05) is 31.2 Å². The summed E-state index contributed by atoms with van der Waals surface area (Å²) in [7, 11) is 0. The Morgan fingerprint density at radius 2 is 1.84 bits per heavy atom. The van der Waals surface area contributed by atoms with E-state index in [1.54, 1.807) is 0 Å². The normalized spacial score (nSPS) is 15.2. The van der Waals surface area contributed by atoms with Gasteiger partial charge in [-0.15, -0.1) is 24.0 Å². The minimum atomic E-state index is -0.0215. The van der Waals surface area contributed by atoms with E-state index in [-0.39, 0.29) is 29.9 Å². The van der Waals surface area contributed by atoms with Crippen LogP contribution >= 0.6 is 24.0 Å². The fourth-order valence-corrected chi connectivity index (χ4v) is 2.92. The summed E-state index contributed by atoms with van der Waals surface area (Å²) in [6.45, 7) is 4.29. The maximum atomic E-state index is 11.9. The lowest BCUT2D eigenvalue weighted by Gasteiger charge is -2.24. The lowest BCUT2D eigenvalue weighted by Crippen LogP contribution is -2.44. The van der Waals surface area contributed by atoms with Crippen LogP contribution in [0.1, 0.15) is 55.8 Å². The Labute approximate surface area is 168 Å². The molecule has 0 unspecified atom stereocenters. The van der Waals surface area contributed by atoms with Crippen molar-refractivity contribution in [2.45, 2.75) is 51.5 Å². The van der Waals surface area contributed by atoms with Crippen molar-refractivity contribution >= 4 is 35.8 Å². The van der Waals surface area contributed by atoms with Gasteiger partial charge in [0.2, 0.25) is 0 Å². The Bertz CT molecular complexity index is 515. The van der Waals surface area contributed by atoms with Crippen molar-refractivity contribution in [2.24, 2.45) is 4.99 Å². The number of amides is 1. The minimum absolute atomic E-state index is 0. The van der Waals surface area contributed by atoms with Crippen molar-refractivity contribution < 1.29 is 4.79 Å². The fourth-order valence-electron chi connectivity index (χ4n) is 2.92.